The van der Waals surface area contributed by atoms with Crippen LogP contribution in [0.3, 0.4) is 0 Å². The molecular weight excluding hydrogens is 418 g/mol. The lowest BCUT2D eigenvalue weighted by Crippen LogP contribution is -2.44. The highest BCUT2D eigenvalue weighted by molar-refractivity contribution is 5.91. The molecule has 33 heavy (non-hydrogen) atoms. The van der Waals surface area contributed by atoms with Gasteiger partial charge in [0, 0.05) is 61.3 Å². The van der Waals surface area contributed by atoms with Crippen LogP contribution in [0.2, 0.25) is 0 Å². The molecule has 0 atom stereocenters. The quantitative estimate of drug-likeness (QED) is 0.379. The third kappa shape index (κ3) is 3.87. The number of nitrogens with two attached hydrogens (primary N) is 1. The van der Waals surface area contributed by atoms with Gasteiger partial charge in [0.1, 0.15) is 11.5 Å². The maximum absolute atomic E-state index is 11.1. The number of nitro groups is 1. The predicted molar refractivity (Wildman–Crippen MR) is 129 cm³/mol. The molecule has 0 saturated carbocycles. The van der Waals surface area contributed by atoms with Gasteiger partial charge in [-0.3, -0.25) is 10.1 Å². The van der Waals surface area contributed by atoms with E-state index in [0.717, 1.165) is 48.6 Å². The average Bonchev–Trinajstić information content (AvgIpc) is 3.19. The minimum absolute atomic E-state index is 0.0362. The number of nitro benzene ring substituents is 1. The summed E-state index contributed by atoms with van der Waals surface area (Å²) >= 11 is 0. The zero-order chi connectivity index (χ0) is 23.1. The Morgan fingerprint density at radius 2 is 1.61 bits per heavy atom. The molecule has 1 saturated heterocycles. The van der Waals surface area contributed by atoms with Gasteiger partial charge in [-0.15, -0.1) is 0 Å². The normalized spacial score (nSPS) is 14.7. The van der Waals surface area contributed by atoms with Crippen molar-refractivity contribution in [2.75, 3.05) is 43.9 Å². The Morgan fingerprint density at radius 1 is 0.970 bits per heavy atom. The maximum atomic E-state index is 11.1. The molecular formula is C24H25N7O2. The van der Waals surface area contributed by atoms with Crippen molar-refractivity contribution in [2.45, 2.75) is 6.92 Å². The summed E-state index contributed by atoms with van der Waals surface area (Å²) in [6.45, 7) is 5.98. The van der Waals surface area contributed by atoms with Crippen LogP contribution in [-0.2, 0) is 0 Å². The van der Waals surface area contributed by atoms with Crippen LogP contribution >= 0.6 is 0 Å². The smallest absolute Gasteiger partial charge is 0.269 e. The van der Waals surface area contributed by atoms with Gasteiger partial charge in [0.15, 0.2) is 5.65 Å². The third-order valence-corrected chi connectivity index (χ3v) is 6.12. The first kappa shape index (κ1) is 20.9. The van der Waals surface area contributed by atoms with E-state index < -0.39 is 4.92 Å². The number of aromatic nitrogens is 3. The highest BCUT2D eigenvalue weighted by atomic mass is 16.6. The van der Waals surface area contributed by atoms with Gasteiger partial charge in [-0.25, -0.2) is 4.98 Å². The van der Waals surface area contributed by atoms with E-state index in [1.165, 1.54) is 17.8 Å². The van der Waals surface area contributed by atoms with Crippen LogP contribution in [0.4, 0.5) is 17.2 Å². The van der Waals surface area contributed by atoms with E-state index in [2.05, 4.69) is 41.1 Å². The number of hydrogen-bond donors (Lipinski definition) is 1. The summed E-state index contributed by atoms with van der Waals surface area (Å²) in [5.41, 5.74) is 12.2. The Hall–Kier alpha value is -3.98. The Bertz CT molecular complexity index is 1320. The molecule has 4 aromatic rings. The molecule has 3 heterocycles. The summed E-state index contributed by atoms with van der Waals surface area (Å²) in [7, 11) is 2.14. The molecule has 0 bridgehead atoms. The SMILES string of the molecule is Cc1cc(N)n2nc(-c3ccc([N+](=O)[O-])cc3)c(-c3ccc(N4CCN(C)CC4)cc3)c2n1. The van der Waals surface area contributed by atoms with Gasteiger partial charge in [-0.2, -0.15) is 9.61 Å². The second kappa shape index (κ2) is 8.18. The Labute approximate surface area is 191 Å². The van der Waals surface area contributed by atoms with Gasteiger partial charge in [0.25, 0.3) is 5.69 Å². The number of anilines is 2. The first-order valence-corrected chi connectivity index (χ1v) is 10.9. The Balaban J connectivity index is 1.62. The van der Waals surface area contributed by atoms with E-state index in [9.17, 15) is 10.1 Å². The second-order valence-electron chi connectivity index (χ2n) is 8.42. The van der Waals surface area contributed by atoms with Crippen LogP contribution in [0.15, 0.2) is 54.6 Å². The predicted octanol–water partition coefficient (Wildman–Crippen LogP) is 3.61. The van der Waals surface area contributed by atoms with Gasteiger partial charge >= 0.3 is 0 Å². The van der Waals surface area contributed by atoms with Gasteiger partial charge in [-0.1, -0.05) is 12.1 Å². The van der Waals surface area contributed by atoms with Crippen molar-refractivity contribution >= 4 is 22.8 Å². The fourth-order valence-electron chi connectivity index (χ4n) is 4.28. The molecule has 1 aliphatic rings. The minimum atomic E-state index is -0.408. The molecule has 0 amide bonds. The molecule has 2 N–H and O–H groups in total. The van der Waals surface area contributed by atoms with Crippen molar-refractivity contribution in [2.24, 2.45) is 0 Å². The van der Waals surface area contributed by atoms with Crippen LogP contribution in [0, 0.1) is 17.0 Å². The number of non-ortho nitro benzene ring substituents is 1. The van der Waals surface area contributed by atoms with Crippen LogP contribution in [-0.4, -0.2) is 57.6 Å². The number of piperazine rings is 1. The van der Waals surface area contributed by atoms with E-state index in [4.69, 9.17) is 15.8 Å². The molecule has 0 spiro atoms. The second-order valence-corrected chi connectivity index (χ2v) is 8.42. The molecule has 0 unspecified atom stereocenters. The van der Waals surface area contributed by atoms with Crippen molar-refractivity contribution in [3.05, 3.63) is 70.4 Å². The lowest BCUT2D eigenvalue weighted by Gasteiger charge is -2.34. The topological polar surface area (TPSA) is 106 Å². The lowest BCUT2D eigenvalue weighted by molar-refractivity contribution is -0.384. The summed E-state index contributed by atoms with van der Waals surface area (Å²) in [4.78, 5) is 20.1. The van der Waals surface area contributed by atoms with Gasteiger partial charge in [0.2, 0.25) is 0 Å². The van der Waals surface area contributed by atoms with Crippen LogP contribution in [0.1, 0.15) is 5.69 Å². The monoisotopic (exact) mass is 443 g/mol. The van der Waals surface area contributed by atoms with Crippen LogP contribution in [0.25, 0.3) is 28.0 Å². The van der Waals surface area contributed by atoms with Crippen molar-refractivity contribution in [1.82, 2.24) is 19.5 Å². The Morgan fingerprint density at radius 3 is 2.24 bits per heavy atom. The fraction of sp³-hybridized carbons (Fsp3) is 0.250. The number of hydrogen-bond acceptors (Lipinski definition) is 7. The number of aryl methyl sites for hydroxylation is 1. The van der Waals surface area contributed by atoms with E-state index in [0.29, 0.717) is 17.2 Å². The Kier molecular flexibility index (Phi) is 5.18. The molecule has 168 valence electrons. The molecule has 9 heteroatoms. The number of nitrogen functional groups attached to an aromatic ring is 1. The largest absolute Gasteiger partial charge is 0.384 e. The van der Waals surface area contributed by atoms with E-state index in [1.807, 2.05) is 6.92 Å². The number of fused-ring (bicyclic) bond motifs is 1. The van der Waals surface area contributed by atoms with E-state index in [-0.39, 0.29) is 5.69 Å². The van der Waals surface area contributed by atoms with E-state index >= 15 is 0 Å². The highest BCUT2D eigenvalue weighted by Crippen LogP contribution is 2.36. The lowest BCUT2D eigenvalue weighted by atomic mass is 10.0. The average molecular weight is 444 g/mol. The molecule has 2 aromatic heterocycles. The highest BCUT2D eigenvalue weighted by Gasteiger charge is 2.21. The van der Waals surface area contributed by atoms with Crippen LogP contribution in [0.5, 0.6) is 0 Å². The molecule has 9 nitrogen and oxygen atoms in total. The summed E-state index contributed by atoms with van der Waals surface area (Å²) in [5.74, 6) is 0.487. The van der Waals surface area contributed by atoms with E-state index in [1.54, 1.807) is 22.7 Å². The van der Waals surface area contributed by atoms with Gasteiger partial charge in [0.05, 0.1) is 10.5 Å². The molecule has 2 aromatic carbocycles. The first-order valence-electron chi connectivity index (χ1n) is 10.9. The first-order chi connectivity index (χ1) is 15.9. The summed E-state index contributed by atoms with van der Waals surface area (Å²) in [6.07, 6.45) is 0. The summed E-state index contributed by atoms with van der Waals surface area (Å²) in [5, 5.41) is 15.8. The van der Waals surface area contributed by atoms with Gasteiger partial charge in [-0.05, 0) is 43.8 Å². The number of likely N-dealkylation sites (N-methyl/N-ethyl adjacent to an activating group) is 1. The summed E-state index contributed by atoms with van der Waals surface area (Å²) in [6, 6.07) is 16.6. The number of rotatable bonds is 4. The van der Waals surface area contributed by atoms with Crippen molar-refractivity contribution in [3.8, 4) is 22.4 Å². The standard InChI is InChI=1S/C24H25N7O2/c1-16-15-21(25)30-24(26-16)22(23(27-30)18-5-9-20(10-6-18)31(32)33)17-3-7-19(8-4-17)29-13-11-28(2)12-14-29/h3-10,15H,11-14,25H2,1-2H3. The minimum Gasteiger partial charge on any atom is -0.384 e. The van der Waals surface area contributed by atoms with Crippen molar-refractivity contribution < 1.29 is 4.92 Å². The molecule has 1 fully saturated rings. The molecule has 0 radical (unpaired) electrons. The van der Waals surface area contributed by atoms with Crippen molar-refractivity contribution in [1.29, 1.82) is 0 Å². The molecule has 1 aliphatic heterocycles. The fourth-order valence-corrected chi connectivity index (χ4v) is 4.28. The molecule has 0 aliphatic carbocycles. The molecule has 5 rings (SSSR count). The van der Waals surface area contributed by atoms with Crippen LogP contribution < -0.4 is 10.6 Å². The zero-order valence-electron chi connectivity index (χ0n) is 18.6. The van der Waals surface area contributed by atoms with Gasteiger partial charge < -0.3 is 15.5 Å². The zero-order valence-corrected chi connectivity index (χ0v) is 18.6. The number of nitrogens with zero attached hydrogens (tertiary/aromatic N) is 6. The number of benzene rings is 2. The maximum Gasteiger partial charge on any atom is 0.269 e. The summed E-state index contributed by atoms with van der Waals surface area (Å²) < 4.78 is 1.63. The third-order valence-electron chi connectivity index (χ3n) is 6.12. The van der Waals surface area contributed by atoms with Crippen molar-refractivity contribution in [3.63, 3.8) is 0 Å².